The van der Waals surface area contributed by atoms with Crippen LogP contribution < -0.4 is 5.32 Å². The number of carbonyl (C=O) groups excluding carboxylic acids is 1. The maximum absolute atomic E-state index is 12.0. The maximum Gasteiger partial charge on any atom is 0.229 e. The Morgan fingerprint density at radius 3 is 2.52 bits per heavy atom. The number of hydrogen-bond donors (Lipinski definition) is 2. The highest BCUT2D eigenvalue weighted by atomic mass is 16.1. The molecule has 2 aromatic heterocycles. The van der Waals surface area contributed by atoms with Crippen molar-refractivity contribution in [2.45, 2.75) is 20.3 Å². The second-order valence-corrected chi connectivity index (χ2v) is 5.45. The van der Waals surface area contributed by atoms with Gasteiger partial charge in [0, 0.05) is 23.0 Å². The number of hydrogen-bond acceptors (Lipinski definition) is 3. The van der Waals surface area contributed by atoms with Crippen LogP contribution in [0.5, 0.6) is 0 Å². The number of pyridine rings is 1. The van der Waals surface area contributed by atoms with E-state index in [0.717, 1.165) is 28.1 Å². The van der Waals surface area contributed by atoms with Crippen LogP contribution in [0.2, 0.25) is 0 Å². The summed E-state index contributed by atoms with van der Waals surface area (Å²) in [6, 6.07) is 13.4. The molecule has 0 atom stereocenters. The highest BCUT2D eigenvalue weighted by Gasteiger charge is 2.10. The molecular formula is C18H18N4O. The summed E-state index contributed by atoms with van der Waals surface area (Å²) in [4.78, 5) is 16.4. The van der Waals surface area contributed by atoms with Crippen LogP contribution in [0, 0.1) is 13.8 Å². The van der Waals surface area contributed by atoms with Gasteiger partial charge in [0.2, 0.25) is 5.91 Å². The Kier molecular flexibility index (Phi) is 4.19. The van der Waals surface area contributed by atoms with E-state index in [2.05, 4.69) is 20.5 Å². The topological polar surface area (TPSA) is 70.7 Å². The molecular weight excluding hydrogens is 288 g/mol. The van der Waals surface area contributed by atoms with Gasteiger partial charge in [-0.25, -0.2) is 4.98 Å². The molecule has 3 aromatic rings. The summed E-state index contributed by atoms with van der Waals surface area (Å²) >= 11 is 0. The van der Waals surface area contributed by atoms with Gasteiger partial charge in [0.1, 0.15) is 5.82 Å². The van der Waals surface area contributed by atoms with E-state index in [4.69, 9.17) is 0 Å². The summed E-state index contributed by atoms with van der Waals surface area (Å²) in [5.41, 5.74) is 4.95. The lowest BCUT2D eigenvalue weighted by Gasteiger charge is -2.06. The molecule has 0 aliphatic rings. The molecule has 116 valence electrons. The molecule has 2 N–H and O–H groups in total. The molecule has 0 saturated carbocycles. The van der Waals surface area contributed by atoms with Crippen molar-refractivity contribution in [1.82, 2.24) is 15.2 Å². The summed E-state index contributed by atoms with van der Waals surface area (Å²) in [5.74, 6) is 0.473. The van der Waals surface area contributed by atoms with Gasteiger partial charge < -0.3 is 5.32 Å². The zero-order valence-electron chi connectivity index (χ0n) is 13.1. The van der Waals surface area contributed by atoms with Gasteiger partial charge >= 0.3 is 0 Å². The van der Waals surface area contributed by atoms with Gasteiger partial charge in [-0.2, -0.15) is 5.10 Å². The van der Waals surface area contributed by atoms with Crippen molar-refractivity contribution < 1.29 is 4.79 Å². The Bertz CT molecular complexity index is 787. The Labute approximate surface area is 134 Å². The normalized spacial score (nSPS) is 10.5. The van der Waals surface area contributed by atoms with Gasteiger partial charge in [-0.15, -0.1) is 0 Å². The lowest BCUT2D eigenvalue weighted by Crippen LogP contribution is -2.15. The number of nitrogens with zero attached hydrogens (tertiary/aromatic N) is 2. The van der Waals surface area contributed by atoms with E-state index in [0.29, 0.717) is 12.2 Å². The van der Waals surface area contributed by atoms with Gasteiger partial charge in [0.15, 0.2) is 0 Å². The third kappa shape index (κ3) is 3.45. The zero-order valence-corrected chi connectivity index (χ0v) is 13.1. The quantitative estimate of drug-likeness (QED) is 0.777. The van der Waals surface area contributed by atoms with Crippen molar-refractivity contribution in [3.63, 3.8) is 0 Å². The van der Waals surface area contributed by atoms with E-state index in [1.807, 2.05) is 56.3 Å². The minimum atomic E-state index is -0.0767. The second kappa shape index (κ2) is 6.44. The molecule has 0 fully saturated rings. The molecule has 1 aromatic carbocycles. The Hall–Kier alpha value is -2.95. The van der Waals surface area contributed by atoms with Crippen LogP contribution in [-0.2, 0) is 11.2 Å². The van der Waals surface area contributed by atoms with Crippen LogP contribution in [0.4, 0.5) is 5.82 Å². The van der Waals surface area contributed by atoms with Crippen molar-refractivity contribution in [2.24, 2.45) is 0 Å². The molecule has 0 saturated heterocycles. The van der Waals surface area contributed by atoms with Crippen LogP contribution >= 0.6 is 0 Å². The third-order valence-corrected chi connectivity index (χ3v) is 3.66. The van der Waals surface area contributed by atoms with Crippen LogP contribution in [0.1, 0.15) is 17.0 Å². The van der Waals surface area contributed by atoms with Crippen molar-refractivity contribution >= 4 is 11.7 Å². The molecule has 3 rings (SSSR count). The fourth-order valence-corrected chi connectivity index (χ4v) is 2.56. The van der Waals surface area contributed by atoms with Crippen molar-refractivity contribution in [2.75, 3.05) is 5.32 Å². The molecule has 0 spiro atoms. The van der Waals surface area contributed by atoms with Crippen LogP contribution in [0.3, 0.4) is 0 Å². The van der Waals surface area contributed by atoms with Gasteiger partial charge in [-0.05, 0) is 31.5 Å². The van der Waals surface area contributed by atoms with Gasteiger partial charge in [0.25, 0.3) is 0 Å². The van der Waals surface area contributed by atoms with Crippen LogP contribution in [0.15, 0.2) is 48.7 Å². The first kappa shape index (κ1) is 15.0. The standard InChI is InChI=1S/C18H18N4O/c1-12-18(13(2)22-21-12)15-8-9-16(19-11-15)20-17(23)10-14-6-4-3-5-7-14/h3-9,11H,10H2,1-2H3,(H,21,22)(H,19,20,23). The number of aromatic nitrogens is 3. The second-order valence-electron chi connectivity index (χ2n) is 5.45. The number of amides is 1. The fraction of sp³-hybridized carbons (Fsp3) is 0.167. The Morgan fingerprint density at radius 2 is 1.91 bits per heavy atom. The number of benzene rings is 1. The summed E-state index contributed by atoms with van der Waals surface area (Å²) in [6.07, 6.45) is 2.09. The Morgan fingerprint density at radius 1 is 1.13 bits per heavy atom. The monoisotopic (exact) mass is 306 g/mol. The molecule has 5 nitrogen and oxygen atoms in total. The SMILES string of the molecule is Cc1n[nH]c(C)c1-c1ccc(NC(=O)Cc2ccccc2)nc1. The smallest absolute Gasteiger partial charge is 0.229 e. The van der Waals surface area contributed by atoms with E-state index < -0.39 is 0 Å². The van der Waals surface area contributed by atoms with Crippen LogP contribution in [0.25, 0.3) is 11.1 Å². The predicted molar refractivity (Wildman–Crippen MR) is 90.1 cm³/mol. The molecule has 0 aliphatic heterocycles. The lowest BCUT2D eigenvalue weighted by atomic mass is 10.1. The fourth-order valence-electron chi connectivity index (χ4n) is 2.56. The molecule has 23 heavy (non-hydrogen) atoms. The lowest BCUT2D eigenvalue weighted by molar-refractivity contribution is -0.115. The molecule has 0 unspecified atom stereocenters. The highest BCUT2D eigenvalue weighted by Crippen LogP contribution is 2.25. The first-order chi connectivity index (χ1) is 11.1. The van der Waals surface area contributed by atoms with Crippen LogP contribution in [-0.4, -0.2) is 21.1 Å². The largest absolute Gasteiger partial charge is 0.310 e. The van der Waals surface area contributed by atoms with E-state index in [-0.39, 0.29) is 5.91 Å². The first-order valence-electron chi connectivity index (χ1n) is 7.45. The highest BCUT2D eigenvalue weighted by molar-refractivity contribution is 5.91. The molecule has 1 amide bonds. The number of carbonyl (C=O) groups is 1. The number of rotatable bonds is 4. The first-order valence-corrected chi connectivity index (χ1v) is 7.45. The third-order valence-electron chi connectivity index (χ3n) is 3.66. The van der Waals surface area contributed by atoms with Crippen molar-refractivity contribution in [3.05, 3.63) is 65.6 Å². The summed E-state index contributed by atoms with van der Waals surface area (Å²) in [7, 11) is 0. The maximum atomic E-state index is 12.0. The van der Waals surface area contributed by atoms with Gasteiger partial charge in [0.05, 0.1) is 12.1 Å². The number of H-pyrrole nitrogens is 1. The Balaban J connectivity index is 1.69. The molecule has 5 heteroatoms. The van der Waals surface area contributed by atoms with Gasteiger partial charge in [-0.3, -0.25) is 9.89 Å². The summed E-state index contributed by atoms with van der Waals surface area (Å²) < 4.78 is 0. The van der Waals surface area contributed by atoms with Gasteiger partial charge in [-0.1, -0.05) is 30.3 Å². The summed E-state index contributed by atoms with van der Waals surface area (Å²) in [6.45, 7) is 3.93. The van der Waals surface area contributed by atoms with E-state index in [9.17, 15) is 4.79 Å². The van der Waals surface area contributed by atoms with E-state index in [1.54, 1.807) is 6.20 Å². The zero-order chi connectivity index (χ0) is 16.2. The average molecular weight is 306 g/mol. The molecule has 2 heterocycles. The molecule has 0 aliphatic carbocycles. The average Bonchev–Trinajstić information content (AvgIpc) is 2.88. The minimum absolute atomic E-state index is 0.0767. The molecule has 0 bridgehead atoms. The summed E-state index contributed by atoms with van der Waals surface area (Å²) in [5, 5.41) is 9.97. The van der Waals surface area contributed by atoms with E-state index in [1.165, 1.54) is 0 Å². The minimum Gasteiger partial charge on any atom is -0.310 e. The number of anilines is 1. The van der Waals surface area contributed by atoms with Crippen molar-refractivity contribution in [1.29, 1.82) is 0 Å². The number of aromatic amines is 1. The number of nitrogens with one attached hydrogen (secondary N) is 2. The number of aryl methyl sites for hydroxylation is 2. The van der Waals surface area contributed by atoms with Crippen molar-refractivity contribution in [3.8, 4) is 11.1 Å². The van der Waals surface area contributed by atoms with E-state index >= 15 is 0 Å². The molecule has 0 radical (unpaired) electrons. The predicted octanol–water partition coefficient (Wildman–Crippen LogP) is 3.27.